The fourth-order valence-corrected chi connectivity index (χ4v) is 7.35. The Morgan fingerprint density at radius 3 is 2.40 bits per heavy atom. The number of aryl methyl sites for hydroxylation is 1. The van der Waals surface area contributed by atoms with E-state index in [9.17, 15) is 9.00 Å². The zero-order valence-corrected chi connectivity index (χ0v) is 24.4. The molecule has 5 nitrogen and oxygen atoms in total. The van der Waals surface area contributed by atoms with Crippen LogP contribution in [0.5, 0.6) is 0 Å². The van der Waals surface area contributed by atoms with Crippen LogP contribution in [0.4, 0.5) is 0 Å². The number of methoxy groups -OCH3 is 1. The molecule has 0 aliphatic heterocycles. The lowest BCUT2D eigenvalue weighted by atomic mass is 9.72. The first kappa shape index (κ1) is 28.1. The minimum atomic E-state index is -1.08. The second-order valence-electron chi connectivity index (χ2n) is 10.5. The summed E-state index contributed by atoms with van der Waals surface area (Å²) in [4.78, 5) is 16.7. The summed E-state index contributed by atoms with van der Waals surface area (Å²) < 4.78 is 20.8. The number of fused-ring (bicyclic) bond motifs is 3. The monoisotopic (exact) mass is 554 g/mol. The topological polar surface area (TPSA) is 51.5 Å². The molecule has 0 fully saturated rings. The zero-order valence-electron chi connectivity index (χ0n) is 23.6. The van der Waals surface area contributed by atoms with Crippen molar-refractivity contribution in [2.45, 2.75) is 37.1 Å². The van der Waals surface area contributed by atoms with E-state index in [2.05, 4.69) is 72.0 Å². The number of allylic oxidation sites excluding steroid dienone is 1. The van der Waals surface area contributed by atoms with Crippen molar-refractivity contribution in [1.82, 2.24) is 9.47 Å². The van der Waals surface area contributed by atoms with Crippen LogP contribution < -0.4 is 0 Å². The van der Waals surface area contributed by atoms with E-state index in [4.69, 9.17) is 4.74 Å². The number of para-hydroxylation sites is 1. The standard InChI is InChI=1S/C34H38N2O3S/c1-4-26(24-36(23-25-13-7-5-8-14-25)21-22-40(38)27-15-9-6-10-16-27)28-19-20-31-32(33(28)34(37)39-3)29-17-11-12-18-30(29)35(31)2/h4-18,28,33H,19-24H2,1-3H3/b26-4-/t28-,33-,40?/m0/s1. The predicted octanol–water partition coefficient (Wildman–Crippen LogP) is 6.25. The molecule has 208 valence electrons. The Kier molecular flexibility index (Phi) is 8.98. The van der Waals surface area contributed by atoms with E-state index in [1.54, 1.807) is 0 Å². The molecule has 1 aliphatic carbocycles. The third kappa shape index (κ3) is 5.84. The molecule has 1 unspecified atom stereocenters. The first-order chi connectivity index (χ1) is 19.5. The van der Waals surface area contributed by atoms with Crippen molar-refractivity contribution in [1.29, 1.82) is 0 Å². The Balaban J connectivity index is 1.44. The van der Waals surface area contributed by atoms with Crippen molar-refractivity contribution in [3.05, 3.63) is 113 Å². The van der Waals surface area contributed by atoms with Crippen LogP contribution in [0, 0.1) is 5.92 Å². The lowest BCUT2D eigenvalue weighted by Crippen LogP contribution is -2.35. The van der Waals surface area contributed by atoms with Gasteiger partial charge in [0, 0.05) is 53.9 Å². The highest BCUT2D eigenvalue weighted by Crippen LogP contribution is 2.45. The van der Waals surface area contributed by atoms with Gasteiger partial charge in [0.05, 0.1) is 23.8 Å². The number of hydrogen-bond donors (Lipinski definition) is 0. The summed E-state index contributed by atoms with van der Waals surface area (Å²) in [7, 11) is 2.51. The van der Waals surface area contributed by atoms with E-state index in [0.717, 1.165) is 40.7 Å². The summed E-state index contributed by atoms with van der Waals surface area (Å²) in [6.07, 6.45) is 3.97. The van der Waals surface area contributed by atoms with Gasteiger partial charge in [0.15, 0.2) is 0 Å². The number of carbonyl (C=O) groups excluding carboxylic acids is 1. The average molecular weight is 555 g/mol. The molecule has 0 bridgehead atoms. The van der Waals surface area contributed by atoms with Crippen molar-refractivity contribution in [2.75, 3.05) is 26.0 Å². The number of carbonyl (C=O) groups is 1. The number of ether oxygens (including phenoxy) is 1. The number of aromatic nitrogens is 1. The summed E-state index contributed by atoms with van der Waals surface area (Å²) in [5, 5.41) is 1.13. The molecule has 1 aromatic heterocycles. The normalized spacial score (nSPS) is 18.1. The van der Waals surface area contributed by atoms with Gasteiger partial charge in [-0.3, -0.25) is 13.9 Å². The van der Waals surface area contributed by atoms with Crippen LogP contribution in [-0.2, 0) is 40.3 Å². The number of benzene rings is 3. The molecule has 0 saturated carbocycles. The molecule has 0 amide bonds. The predicted molar refractivity (Wildman–Crippen MR) is 163 cm³/mol. The lowest BCUT2D eigenvalue weighted by Gasteiger charge is -2.35. The molecule has 3 atom stereocenters. The highest BCUT2D eigenvalue weighted by atomic mass is 32.2. The largest absolute Gasteiger partial charge is 0.469 e. The van der Waals surface area contributed by atoms with Crippen LogP contribution in [0.2, 0.25) is 0 Å². The minimum absolute atomic E-state index is 0.0358. The third-order valence-corrected chi connectivity index (χ3v) is 9.58. The van der Waals surface area contributed by atoms with Gasteiger partial charge in [0.1, 0.15) is 0 Å². The highest BCUT2D eigenvalue weighted by molar-refractivity contribution is 7.85. The Hall–Kier alpha value is -3.48. The molecule has 1 aliphatic rings. The molecular weight excluding hydrogens is 516 g/mol. The summed E-state index contributed by atoms with van der Waals surface area (Å²) in [5.41, 5.74) is 5.93. The van der Waals surface area contributed by atoms with E-state index < -0.39 is 10.8 Å². The molecule has 6 heteroatoms. The first-order valence-electron chi connectivity index (χ1n) is 14.0. The molecule has 3 aromatic carbocycles. The van der Waals surface area contributed by atoms with Crippen molar-refractivity contribution >= 4 is 27.7 Å². The van der Waals surface area contributed by atoms with Crippen LogP contribution in [0.25, 0.3) is 10.9 Å². The van der Waals surface area contributed by atoms with Gasteiger partial charge < -0.3 is 9.30 Å². The van der Waals surface area contributed by atoms with Crippen LogP contribution in [-0.4, -0.2) is 45.6 Å². The first-order valence-corrected chi connectivity index (χ1v) is 15.3. The van der Waals surface area contributed by atoms with E-state index in [-0.39, 0.29) is 17.8 Å². The number of rotatable bonds is 10. The van der Waals surface area contributed by atoms with Gasteiger partial charge in [0.25, 0.3) is 0 Å². The average Bonchev–Trinajstić information content (AvgIpc) is 3.30. The Bertz CT molecular complexity index is 1510. The van der Waals surface area contributed by atoms with Gasteiger partial charge in [-0.05, 0) is 55.0 Å². The van der Waals surface area contributed by atoms with Crippen LogP contribution >= 0.6 is 0 Å². The second kappa shape index (κ2) is 12.8. The van der Waals surface area contributed by atoms with Crippen molar-refractivity contribution in [3.8, 4) is 0 Å². The lowest BCUT2D eigenvalue weighted by molar-refractivity contribution is -0.143. The van der Waals surface area contributed by atoms with Gasteiger partial charge >= 0.3 is 5.97 Å². The molecule has 40 heavy (non-hydrogen) atoms. The van der Waals surface area contributed by atoms with Gasteiger partial charge in [-0.1, -0.05) is 78.4 Å². The van der Waals surface area contributed by atoms with Crippen molar-refractivity contribution in [2.24, 2.45) is 13.0 Å². The third-order valence-electron chi connectivity index (χ3n) is 8.23. The highest BCUT2D eigenvalue weighted by Gasteiger charge is 2.40. The Morgan fingerprint density at radius 2 is 1.70 bits per heavy atom. The van der Waals surface area contributed by atoms with E-state index in [0.29, 0.717) is 18.8 Å². The number of hydrogen-bond acceptors (Lipinski definition) is 4. The molecule has 4 aromatic rings. The maximum atomic E-state index is 13.4. The van der Waals surface area contributed by atoms with E-state index >= 15 is 0 Å². The number of nitrogens with zero attached hydrogens (tertiary/aromatic N) is 2. The molecular formula is C34H38N2O3S. The fourth-order valence-electron chi connectivity index (χ4n) is 6.23. The van der Waals surface area contributed by atoms with E-state index in [1.165, 1.54) is 23.9 Å². The SMILES string of the molecule is C/C=C(/CN(CCS(=O)c1ccccc1)Cc1ccccc1)[C@@H]1CCc2c(c3ccccc3n2C)[C@H]1C(=O)OC. The zero-order chi connectivity index (χ0) is 28.1. The summed E-state index contributed by atoms with van der Waals surface area (Å²) >= 11 is 0. The molecule has 5 rings (SSSR count). The summed E-state index contributed by atoms with van der Waals surface area (Å²) in [6.45, 7) is 4.21. The maximum Gasteiger partial charge on any atom is 0.313 e. The second-order valence-corrected chi connectivity index (χ2v) is 12.1. The minimum Gasteiger partial charge on any atom is -0.469 e. The molecule has 0 radical (unpaired) electrons. The van der Waals surface area contributed by atoms with Crippen LogP contribution in [0.1, 0.15) is 36.1 Å². The summed E-state index contributed by atoms with van der Waals surface area (Å²) in [6, 6.07) is 28.4. The van der Waals surface area contributed by atoms with E-state index in [1.807, 2.05) is 42.5 Å². The van der Waals surface area contributed by atoms with Crippen molar-refractivity contribution < 1.29 is 13.7 Å². The van der Waals surface area contributed by atoms with Gasteiger partial charge in [-0.2, -0.15) is 0 Å². The Labute approximate surface area is 239 Å². The molecule has 0 saturated heterocycles. The van der Waals surface area contributed by atoms with Crippen molar-refractivity contribution in [3.63, 3.8) is 0 Å². The van der Waals surface area contributed by atoms with Gasteiger partial charge in [-0.25, -0.2) is 0 Å². The van der Waals surface area contributed by atoms with Gasteiger partial charge in [0.2, 0.25) is 0 Å². The summed E-state index contributed by atoms with van der Waals surface area (Å²) in [5.74, 6) is 0.0463. The fraction of sp³-hybridized carbons (Fsp3) is 0.324. The quantitative estimate of drug-likeness (QED) is 0.172. The number of esters is 1. The smallest absolute Gasteiger partial charge is 0.313 e. The van der Waals surface area contributed by atoms with Gasteiger partial charge in [-0.15, -0.1) is 0 Å². The molecule has 0 spiro atoms. The molecule has 1 heterocycles. The Morgan fingerprint density at radius 1 is 1.02 bits per heavy atom. The maximum absolute atomic E-state index is 13.4. The van der Waals surface area contributed by atoms with Crippen LogP contribution in [0.15, 0.2) is 101 Å². The van der Waals surface area contributed by atoms with Crippen LogP contribution in [0.3, 0.4) is 0 Å². The molecule has 0 N–H and O–H groups in total.